The summed E-state index contributed by atoms with van der Waals surface area (Å²) in [4.78, 5) is 16.2. The maximum atomic E-state index is 11.8. The van der Waals surface area contributed by atoms with Crippen LogP contribution in [0.4, 0.5) is 0 Å². The minimum Gasteiger partial charge on any atom is -0.312 e. The van der Waals surface area contributed by atoms with Crippen molar-refractivity contribution in [3.63, 3.8) is 0 Å². The van der Waals surface area contributed by atoms with Crippen molar-refractivity contribution in [1.29, 1.82) is 0 Å². The summed E-state index contributed by atoms with van der Waals surface area (Å²) in [6.45, 7) is 1.80. The van der Waals surface area contributed by atoms with Gasteiger partial charge in [-0.15, -0.1) is 21.5 Å². The summed E-state index contributed by atoms with van der Waals surface area (Å²) in [5, 5.41) is 7.64. The number of carbonyl (C=O) groups excluding carboxylic acids is 1. The van der Waals surface area contributed by atoms with E-state index in [1.54, 1.807) is 24.0 Å². The van der Waals surface area contributed by atoms with Crippen LogP contribution in [0.1, 0.15) is 21.3 Å². The summed E-state index contributed by atoms with van der Waals surface area (Å²) in [5.41, 5.74) is 1.62. The smallest absolute Gasteiger partial charge is 0.241 e. The van der Waals surface area contributed by atoms with Crippen LogP contribution in [0.5, 0.6) is 0 Å². The molecule has 0 amide bonds. The molecular weight excluding hydrogens is 200 g/mol. The fraction of sp³-hybridized carbons (Fsp3) is 0.250. The molecule has 0 unspecified atom stereocenters. The van der Waals surface area contributed by atoms with Crippen molar-refractivity contribution in [1.82, 2.24) is 19.7 Å². The number of hydrogen-bond acceptors (Lipinski definition) is 5. The van der Waals surface area contributed by atoms with Gasteiger partial charge in [0.15, 0.2) is 0 Å². The second kappa shape index (κ2) is 3.30. The molecular formula is C8H8N4OS. The van der Waals surface area contributed by atoms with E-state index in [1.807, 2.05) is 0 Å². The Bertz CT molecular complexity index is 460. The second-order valence-corrected chi connectivity index (χ2v) is 3.71. The van der Waals surface area contributed by atoms with Crippen LogP contribution in [-0.2, 0) is 7.05 Å². The quantitative estimate of drug-likeness (QED) is 0.685. The zero-order chi connectivity index (χ0) is 10.1. The average Bonchev–Trinajstić information content (AvgIpc) is 2.77. The molecule has 0 atom stereocenters. The molecule has 0 aliphatic heterocycles. The van der Waals surface area contributed by atoms with E-state index in [0.717, 1.165) is 5.82 Å². The molecule has 72 valence electrons. The zero-order valence-electron chi connectivity index (χ0n) is 7.76. The maximum absolute atomic E-state index is 11.8. The highest BCUT2D eigenvalue weighted by molar-refractivity contribution is 7.11. The van der Waals surface area contributed by atoms with Crippen LogP contribution in [0.25, 0.3) is 0 Å². The number of aromatic nitrogens is 4. The van der Waals surface area contributed by atoms with Gasteiger partial charge in [-0.3, -0.25) is 9.78 Å². The highest BCUT2D eigenvalue weighted by Gasteiger charge is 2.17. The summed E-state index contributed by atoms with van der Waals surface area (Å²) >= 11 is 1.30. The lowest BCUT2D eigenvalue weighted by atomic mass is 10.3. The molecule has 2 aromatic heterocycles. The van der Waals surface area contributed by atoms with E-state index >= 15 is 0 Å². The topological polar surface area (TPSA) is 60.7 Å². The van der Waals surface area contributed by atoms with Crippen LogP contribution in [0, 0.1) is 6.92 Å². The van der Waals surface area contributed by atoms with Crippen molar-refractivity contribution in [3.8, 4) is 0 Å². The van der Waals surface area contributed by atoms with E-state index in [-0.39, 0.29) is 5.78 Å². The highest BCUT2D eigenvalue weighted by atomic mass is 32.1. The number of carbonyl (C=O) groups is 1. The third-order valence-corrected chi connectivity index (χ3v) is 2.72. The van der Waals surface area contributed by atoms with E-state index < -0.39 is 0 Å². The lowest BCUT2D eigenvalue weighted by molar-refractivity contribution is 0.102. The van der Waals surface area contributed by atoms with Gasteiger partial charge in [0, 0.05) is 13.2 Å². The van der Waals surface area contributed by atoms with Gasteiger partial charge in [-0.1, -0.05) is 0 Å². The Hall–Kier alpha value is -1.56. The first-order valence-corrected chi connectivity index (χ1v) is 4.87. The molecule has 2 aromatic rings. The maximum Gasteiger partial charge on any atom is 0.241 e. The van der Waals surface area contributed by atoms with Crippen molar-refractivity contribution in [2.45, 2.75) is 6.92 Å². The van der Waals surface area contributed by atoms with E-state index in [1.165, 1.54) is 17.5 Å². The Kier molecular flexibility index (Phi) is 2.12. The highest BCUT2D eigenvalue weighted by Crippen LogP contribution is 2.11. The second-order valence-electron chi connectivity index (χ2n) is 2.82. The minimum atomic E-state index is -0.129. The SMILES string of the molecule is Cc1nnc(C(=O)c2cncs2)n1C. The van der Waals surface area contributed by atoms with Crippen molar-refractivity contribution in [2.75, 3.05) is 0 Å². The van der Waals surface area contributed by atoms with Crippen LogP contribution in [0.3, 0.4) is 0 Å². The molecule has 0 aliphatic carbocycles. The normalized spacial score (nSPS) is 10.4. The molecule has 0 spiro atoms. The molecule has 0 radical (unpaired) electrons. The lowest BCUT2D eigenvalue weighted by Gasteiger charge is -1.97. The molecule has 5 nitrogen and oxygen atoms in total. The zero-order valence-corrected chi connectivity index (χ0v) is 8.58. The Morgan fingerprint density at radius 3 is 2.79 bits per heavy atom. The Morgan fingerprint density at radius 2 is 2.29 bits per heavy atom. The molecule has 0 aliphatic rings. The van der Waals surface area contributed by atoms with Gasteiger partial charge >= 0.3 is 0 Å². The fourth-order valence-electron chi connectivity index (χ4n) is 1.04. The van der Waals surface area contributed by atoms with E-state index in [2.05, 4.69) is 15.2 Å². The van der Waals surface area contributed by atoms with Gasteiger partial charge in [0.2, 0.25) is 11.6 Å². The number of rotatable bonds is 2. The van der Waals surface area contributed by atoms with Crippen LogP contribution in [0.2, 0.25) is 0 Å². The van der Waals surface area contributed by atoms with Gasteiger partial charge in [0.05, 0.1) is 10.4 Å². The minimum absolute atomic E-state index is 0.129. The van der Waals surface area contributed by atoms with Crippen molar-refractivity contribution < 1.29 is 4.79 Å². The third kappa shape index (κ3) is 1.33. The first-order valence-electron chi connectivity index (χ1n) is 3.99. The van der Waals surface area contributed by atoms with E-state index in [4.69, 9.17) is 0 Å². The first kappa shape index (κ1) is 9.01. The number of thiazole rings is 1. The van der Waals surface area contributed by atoms with E-state index in [9.17, 15) is 4.79 Å². The molecule has 0 saturated heterocycles. The molecule has 2 rings (SSSR count). The van der Waals surface area contributed by atoms with Gasteiger partial charge < -0.3 is 4.57 Å². The predicted octanol–water partition coefficient (Wildman–Crippen LogP) is 0.811. The molecule has 0 bridgehead atoms. The molecule has 0 N–H and O–H groups in total. The lowest BCUT2D eigenvalue weighted by Crippen LogP contribution is -2.08. The Balaban J connectivity index is 2.42. The number of hydrogen-bond donors (Lipinski definition) is 0. The van der Waals surface area contributed by atoms with Crippen molar-refractivity contribution in [2.24, 2.45) is 7.05 Å². The summed E-state index contributed by atoms with van der Waals surface area (Å²) in [6.07, 6.45) is 1.54. The van der Waals surface area contributed by atoms with E-state index in [0.29, 0.717) is 10.7 Å². The van der Waals surface area contributed by atoms with Gasteiger partial charge in [0.1, 0.15) is 5.82 Å². The van der Waals surface area contributed by atoms with Gasteiger partial charge in [-0.25, -0.2) is 0 Å². The molecule has 0 aromatic carbocycles. The summed E-state index contributed by atoms with van der Waals surface area (Å²) in [6, 6.07) is 0. The van der Waals surface area contributed by atoms with Gasteiger partial charge in [-0.2, -0.15) is 0 Å². The van der Waals surface area contributed by atoms with Crippen LogP contribution >= 0.6 is 11.3 Å². The molecule has 14 heavy (non-hydrogen) atoms. The monoisotopic (exact) mass is 208 g/mol. The molecule has 2 heterocycles. The molecule has 0 saturated carbocycles. The first-order chi connectivity index (χ1) is 6.70. The Labute approximate surface area is 84.4 Å². The van der Waals surface area contributed by atoms with Crippen LogP contribution in [-0.4, -0.2) is 25.5 Å². The van der Waals surface area contributed by atoms with Gasteiger partial charge in [-0.05, 0) is 6.92 Å². The standard InChI is InChI=1S/C8H8N4OS/c1-5-10-11-8(12(5)2)7(13)6-3-9-4-14-6/h3-4H,1-2H3. The largest absolute Gasteiger partial charge is 0.312 e. The summed E-state index contributed by atoms with van der Waals surface area (Å²) in [5.74, 6) is 0.945. The van der Waals surface area contributed by atoms with Crippen molar-refractivity contribution >= 4 is 17.1 Å². The Morgan fingerprint density at radius 1 is 1.50 bits per heavy atom. The van der Waals surface area contributed by atoms with Crippen molar-refractivity contribution in [3.05, 3.63) is 28.2 Å². The van der Waals surface area contributed by atoms with Gasteiger partial charge in [0.25, 0.3) is 0 Å². The van der Waals surface area contributed by atoms with Crippen LogP contribution in [0.15, 0.2) is 11.7 Å². The number of ketones is 1. The third-order valence-electron chi connectivity index (χ3n) is 1.95. The summed E-state index contributed by atoms with van der Waals surface area (Å²) < 4.78 is 1.67. The summed E-state index contributed by atoms with van der Waals surface area (Å²) in [7, 11) is 1.77. The number of nitrogens with zero attached hydrogens (tertiary/aromatic N) is 4. The van der Waals surface area contributed by atoms with Crippen LogP contribution < -0.4 is 0 Å². The molecule has 6 heteroatoms. The predicted molar refractivity (Wildman–Crippen MR) is 51.3 cm³/mol. The average molecular weight is 208 g/mol. The molecule has 0 fully saturated rings. The fourth-order valence-corrected chi connectivity index (χ4v) is 1.60. The number of aryl methyl sites for hydroxylation is 1.